The van der Waals surface area contributed by atoms with Gasteiger partial charge in [-0.2, -0.15) is 0 Å². The zero-order chi connectivity index (χ0) is 47.4. The summed E-state index contributed by atoms with van der Waals surface area (Å²) < 4.78 is 32.5. The van der Waals surface area contributed by atoms with E-state index in [2.05, 4.69) is 72.2 Å². The van der Waals surface area contributed by atoms with Gasteiger partial charge < -0.3 is 35.4 Å². The van der Waals surface area contributed by atoms with Gasteiger partial charge in [0, 0.05) is 12.8 Å². The van der Waals surface area contributed by atoms with Crippen molar-refractivity contribution in [2.45, 2.75) is 141 Å². The Labute approximate surface area is 382 Å². The molecule has 14 heteroatoms. The number of carboxylic acids is 1. The number of carbonyl (C=O) groups excluding carboxylic acids is 2. The number of aliphatic hydroxyl groups excluding tert-OH is 2. The molecule has 0 saturated heterocycles. The largest absolute Gasteiger partial charge is 0.480 e. The summed E-state index contributed by atoms with van der Waals surface area (Å²) in [7, 11) is -4.79. The normalized spacial score (nSPS) is 15.8. The van der Waals surface area contributed by atoms with Gasteiger partial charge in [0.05, 0.1) is 25.4 Å². The molecule has 5 atom stereocenters. The van der Waals surface area contributed by atoms with Crippen molar-refractivity contribution in [3.05, 3.63) is 134 Å². The number of phosphoric ester groups is 1. The third-order valence-corrected chi connectivity index (χ3v) is 9.52. The Balaban J connectivity index is 4.68. The van der Waals surface area contributed by atoms with Crippen LogP contribution < -0.4 is 5.73 Å². The van der Waals surface area contributed by atoms with Gasteiger partial charge in [0.1, 0.15) is 12.6 Å². The molecule has 0 aromatic heterocycles. The molecular formula is C50H76NO12P. The van der Waals surface area contributed by atoms with Gasteiger partial charge in [-0.1, -0.05) is 154 Å². The third-order valence-electron chi connectivity index (χ3n) is 8.57. The number of unbranched alkanes of at least 4 members (excludes halogenated alkanes) is 4. The Bertz CT molecular complexity index is 1620. The molecule has 0 heterocycles. The van der Waals surface area contributed by atoms with Crippen LogP contribution in [0.3, 0.4) is 0 Å². The van der Waals surface area contributed by atoms with Gasteiger partial charge in [-0.25, -0.2) is 4.57 Å². The highest BCUT2D eigenvalue weighted by Crippen LogP contribution is 2.43. The number of ether oxygens (including phenoxy) is 2. The maximum atomic E-state index is 12.6. The van der Waals surface area contributed by atoms with Crippen LogP contribution >= 0.6 is 7.82 Å². The molecule has 0 amide bonds. The number of phosphoric acid groups is 1. The highest BCUT2D eigenvalue weighted by atomic mass is 31.2. The molecule has 0 saturated carbocycles. The number of hydrogen-bond acceptors (Lipinski definition) is 11. The fourth-order valence-electron chi connectivity index (χ4n) is 5.06. The first-order valence-electron chi connectivity index (χ1n) is 22.4. The first kappa shape index (κ1) is 59.5. The quantitative estimate of drug-likeness (QED) is 0.0128. The molecule has 13 nitrogen and oxygen atoms in total. The Morgan fingerprint density at radius 3 is 1.73 bits per heavy atom. The van der Waals surface area contributed by atoms with E-state index < -0.39 is 69.9 Å². The molecule has 0 radical (unpaired) electrons. The molecule has 0 aliphatic carbocycles. The summed E-state index contributed by atoms with van der Waals surface area (Å²) in [5, 5.41) is 28.9. The Morgan fingerprint density at radius 1 is 0.578 bits per heavy atom. The zero-order valence-electron chi connectivity index (χ0n) is 38.0. The summed E-state index contributed by atoms with van der Waals surface area (Å²) >= 11 is 0. The lowest BCUT2D eigenvalue weighted by Crippen LogP contribution is -2.34. The number of rotatable bonds is 39. The smallest absolute Gasteiger partial charge is 0.472 e. The standard InChI is InChI=1S/C50H76NO12P/c1-3-5-7-8-9-10-11-12-13-14-15-16-17-18-19-20-24-27-33-39-48(54)60-41-46(42-61-64(58,59)62-43-47(51)50(56)57)63-49(55)40-34-28-32-38-45(53)37-31-26-23-21-22-25-30-36-44(52)35-29-6-4-2/h5-7,9-10,12-13,15-16,18-19,22-23,25-26,29-32,36-38,44-47,52-53H,3-4,8,11,14,17,20-21,24,27-28,33-35,39-43,51H2,1-2H3,(H,56,57)(H,58,59)/b7-5-,10-9-,13-12-,16-15-,19-18-,25-22-,26-23-,29-6-,36-30+,37-31+,38-32-/t44-,45-,46+,47-/m0/s1. The zero-order valence-corrected chi connectivity index (χ0v) is 38.9. The van der Waals surface area contributed by atoms with Gasteiger partial charge in [0.15, 0.2) is 6.10 Å². The molecule has 0 aromatic rings. The van der Waals surface area contributed by atoms with Crippen LogP contribution in [0.15, 0.2) is 134 Å². The topological polar surface area (TPSA) is 212 Å². The second-order valence-electron chi connectivity index (χ2n) is 14.5. The van der Waals surface area contributed by atoms with E-state index in [1.165, 1.54) is 0 Å². The molecule has 64 heavy (non-hydrogen) atoms. The first-order chi connectivity index (χ1) is 30.9. The van der Waals surface area contributed by atoms with E-state index in [1.807, 2.05) is 49.5 Å². The number of carbonyl (C=O) groups is 3. The van der Waals surface area contributed by atoms with Gasteiger partial charge in [0.25, 0.3) is 0 Å². The summed E-state index contributed by atoms with van der Waals surface area (Å²) in [6, 6.07) is -1.57. The highest BCUT2D eigenvalue weighted by Gasteiger charge is 2.28. The van der Waals surface area contributed by atoms with Crippen LogP contribution in [-0.4, -0.2) is 82.3 Å². The van der Waals surface area contributed by atoms with Gasteiger partial charge in [0.2, 0.25) is 0 Å². The van der Waals surface area contributed by atoms with Crippen LogP contribution in [-0.2, 0) is 37.5 Å². The molecule has 0 aromatic carbocycles. The SMILES string of the molecule is CC/C=C\C/C=C\C/C=C\C/C=C\C/C=C\CCCCCC(=O)OC[C@H](COP(=O)(O)OC[C@H](N)C(=O)O)OC(=O)CCC/C=C\[C@@H](O)/C=C/C=C\C/C=C\C=C\[C@@H](O)C/C=C\CC. The predicted octanol–water partition coefficient (Wildman–Crippen LogP) is 10.1. The highest BCUT2D eigenvalue weighted by molar-refractivity contribution is 7.47. The summed E-state index contributed by atoms with van der Waals surface area (Å²) in [5.41, 5.74) is 5.32. The van der Waals surface area contributed by atoms with Crippen LogP contribution in [0.4, 0.5) is 0 Å². The number of carboxylic acid groups (broad SMARTS) is 1. The van der Waals surface area contributed by atoms with Crippen molar-refractivity contribution in [3.8, 4) is 0 Å². The number of aliphatic carboxylic acids is 1. The van der Waals surface area contributed by atoms with E-state index in [4.69, 9.17) is 24.8 Å². The lowest BCUT2D eigenvalue weighted by Gasteiger charge is -2.20. The second-order valence-corrected chi connectivity index (χ2v) is 15.9. The number of aliphatic hydroxyl groups is 2. The third kappa shape index (κ3) is 41.5. The number of esters is 2. The summed E-state index contributed by atoms with van der Waals surface area (Å²) in [6.45, 7) is 2.24. The van der Waals surface area contributed by atoms with Crippen molar-refractivity contribution >= 4 is 25.7 Å². The van der Waals surface area contributed by atoms with Crippen molar-refractivity contribution in [1.29, 1.82) is 0 Å². The van der Waals surface area contributed by atoms with Crippen LogP contribution in [0.1, 0.15) is 117 Å². The second kappa shape index (κ2) is 42.5. The monoisotopic (exact) mass is 914 g/mol. The van der Waals surface area contributed by atoms with Crippen molar-refractivity contribution in [2.75, 3.05) is 19.8 Å². The predicted molar refractivity (Wildman–Crippen MR) is 256 cm³/mol. The molecule has 0 bridgehead atoms. The van der Waals surface area contributed by atoms with Gasteiger partial charge in [-0.3, -0.25) is 23.4 Å². The van der Waals surface area contributed by atoms with E-state index in [-0.39, 0.29) is 12.8 Å². The molecule has 1 unspecified atom stereocenters. The molecule has 0 rings (SSSR count). The average Bonchev–Trinajstić information content (AvgIpc) is 3.26. The lowest BCUT2D eigenvalue weighted by molar-refractivity contribution is -0.161. The molecule has 0 aliphatic heterocycles. The maximum Gasteiger partial charge on any atom is 0.472 e. The summed E-state index contributed by atoms with van der Waals surface area (Å²) in [6.07, 6.45) is 51.6. The fraction of sp³-hybridized carbons (Fsp3) is 0.500. The molecular weight excluding hydrogens is 838 g/mol. The number of allylic oxidation sites excluding steroid dienone is 18. The van der Waals surface area contributed by atoms with Crippen molar-refractivity contribution in [2.24, 2.45) is 5.73 Å². The van der Waals surface area contributed by atoms with E-state index >= 15 is 0 Å². The van der Waals surface area contributed by atoms with Gasteiger partial charge in [-0.15, -0.1) is 0 Å². The average molecular weight is 914 g/mol. The van der Waals surface area contributed by atoms with Crippen LogP contribution in [0.2, 0.25) is 0 Å². The molecule has 0 aliphatic rings. The van der Waals surface area contributed by atoms with Crippen molar-refractivity contribution < 1.29 is 57.7 Å². The van der Waals surface area contributed by atoms with Gasteiger partial charge >= 0.3 is 25.7 Å². The molecule has 358 valence electrons. The minimum absolute atomic E-state index is 0.0420. The number of nitrogens with two attached hydrogens (primary N) is 1. The maximum absolute atomic E-state index is 12.6. The van der Waals surface area contributed by atoms with Crippen LogP contribution in [0.5, 0.6) is 0 Å². The van der Waals surface area contributed by atoms with Crippen LogP contribution in [0.25, 0.3) is 0 Å². The summed E-state index contributed by atoms with van der Waals surface area (Å²) in [4.78, 5) is 46.0. The summed E-state index contributed by atoms with van der Waals surface area (Å²) in [5.74, 6) is -2.66. The van der Waals surface area contributed by atoms with Crippen molar-refractivity contribution in [3.63, 3.8) is 0 Å². The van der Waals surface area contributed by atoms with E-state index in [0.717, 1.165) is 57.8 Å². The minimum atomic E-state index is -4.79. The molecule has 0 fully saturated rings. The van der Waals surface area contributed by atoms with E-state index in [1.54, 1.807) is 30.4 Å². The Morgan fingerprint density at radius 2 is 1.11 bits per heavy atom. The Kier molecular flexibility index (Phi) is 39.5. The van der Waals surface area contributed by atoms with Gasteiger partial charge in [-0.05, 0) is 83.5 Å². The fourth-order valence-corrected chi connectivity index (χ4v) is 5.84. The van der Waals surface area contributed by atoms with Crippen LogP contribution in [0, 0.1) is 0 Å². The lowest BCUT2D eigenvalue weighted by atomic mass is 10.1. The van der Waals surface area contributed by atoms with E-state index in [9.17, 15) is 34.1 Å². The minimum Gasteiger partial charge on any atom is -0.480 e. The molecule has 6 N–H and O–H groups in total. The Hall–Kier alpha value is -4.46. The first-order valence-corrected chi connectivity index (χ1v) is 23.9. The van der Waals surface area contributed by atoms with E-state index in [0.29, 0.717) is 32.1 Å². The van der Waals surface area contributed by atoms with Crippen molar-refractivity contribution in [1.82, 2.24) is 0 Å². The number of hydrogen-bond donors (Lipinski definition) is 5. The molecule has 0 spiro atoms.